The third kappa shape index (κ3) is 3.36. The van der Waals surface area contributed by atoms with Gasteiger partial charge in [-0.3, -0.25) is 9.59 Å². The molecule has 0 fully saturated rings. The second-order valence-corrected chi connectivity index (χ2v) is 7.95. The van der Waals surface area contributed by atoms with E-state index in [1.54, 1.807) is 4.90 Å². The SMILES string of the molecule is NC(=O)C1CCN(C(=O)c2ccc(-c3cccc(Cl)c3)s2)c2ccccc21. The van der Waals surface area contributed by atoms with Crippen molar-refractivity contribution in [1.29, 1.82) is 0 Å². The van der Waals surface area contributed by atoms with E-state index in [0.717, 1.165) is 21.7 Å². The van der Waals surface area contributed by atoms with Crippen LogP contribution in [-0.2, 0) is 4.79 Å². The molecule has 136 valence electrons. The van der Waals surface area contributed by atoms with Gasteiger partial charge in [0.2, 0.25) is 5.91 Å². The summed E-state index contributed by atoms with van der Waals surface area (Å²) < 4.78 is 0. The number of nitrogens with two attached hydrogens (primary N) is 1. The molecule has 2 heterocycles. The third-order valence-corrected chi connectivity index (χ3v) is 6.12. The van der Waals surface area contributed by atoms with Crippen LogP contribution in [0.2, 0.25) is 5.02 Å². The van der Waals surface area contributed by atoms with E-state index in [0.29, 0.717) is 22.9 Å². The molecular weight excluding hydrogens is 380 g/mol. The first kappa shape index (κ1) is 17.8. The summed E-state index contributed by atoms with van der Waals surface area (Å²) in [4.78, 5) is 28.3. The van der Waals surface area contributed by atoms with Crippen LogP contribution in [0.3, 0.4) is 0 Å². The van der Waals surface area contributed by atoms with Crippen LogP contribution < -0.4 is 10.6 Å². The Morgan fingerprint density at radius 2 is 1.89 bits per heavy atom. The molecule has 0 radical (unpaired) electrons. The number of anilines is 1. The van der Waals surface area contributed by atoms with Crippen LogP contribution in [-0.4, -0.2) is 18.4 Å². The fraction of sp³-hybridized carbons (Fsp3) is 0.143. The highest BCUT2D eigenvalue weighted by Gasteiger charge is 2.32. The average molecular weight is 397 g/mol. The number of carbonyl (C=O) groups is 2. The van der Waals surface area contributed by atoms with Gasteiger partial charge in [0, 0.05) is 22.1 Å². The highest BCUT2D eigenvalue weighted by atomic mass is 35.5. The van der Waals surface area contributed by atoms with Crippen LogP contribution in [0.25, 0.3) is 10.4 Å². The molecule has 0 bridgehead atoms. The number of rotatable bonds is 3. The van der Waals surface area contributed by atoms with Crippen LogP contribution in [0, 0.1) is 0 Å². The molecule has 3 aromatic rings. The molecule has 1 unspecified atom stereocenters. The molecule has 1 aliphatic heterocycles. The Bertz CT molecular complexity index is 1030. The molecule has 2 amide bonds. The molecule has 1 atom stereocenters. The summed E-state index contributed by atoms with van der Waals surface area (Å²) >= 11 is 7.51. The van der Waals surface area contributed by atoms with Crippen molar-refractivity contribution in [3.8, 4) is 10.4 Å². The van der Waals surface area contributed by atoms with Crippen molar-refractivity contribution in [3.05, 3.63) is 76.1 Å². The number of thiophene rings is 1. The maximum Gasteiger partial charge on any atom is 0.268 e. The minimum Gasteiger partial charge on any atom is -0.369 e. The minimum absolute atomic E-state index is 0.0661. The molecule has 1 aliphatic rings. The van der Waals surface area contributed by atoms with Crippen molar-refractivity contribution in [2.24, 2.45) is 5.73 Å². The first-order chi connectivity index (χ1) is 13.0. The Labute approximate surface area is 166 Å². The summed E-state index contributed by atoms with van der Waals surface area (Å²) in [6.07, 6.45) is 0.532. The number of hydrogen-bond donors (Lipinski definition) is 1. The maximum absolute atomic E-state index is 13.1. The largest absolute Gasteiger partial charge is 0.369 e. The van der Waals surface area contributed by atoms with E-state index in [4.69, 9.17) is 17.3 Å². The van der Waals surface area contributed by atoms with Crippen molar-refractivity contribution < 1.29 is 9.59 Å². The normalized spacial score (nSPS) is 16.0. The van der Waals surface area contributed by atoms with Gasteiger partial charge in [0.25, 0.3) is 5.91 Å². The number of fused-ring (bicyclic) bond motifs is 1. The van der Waals surface area contributed by atoms with Crippen LogP contribution in [0.1, 0.15) is 27.6 Å². The second kappa shape index (κ2) is 7.18. The van der Waals surface area contributed by atoms with E-state index in [1.807, 2.05) is 60.7 Å². The van der Waals surface area contributed by atoms with Crippen LogP contribution in [0.5, 0.6) is 0 Å². The first-order valence-corrected chi connectivity index (χ1v) is 9.80. The lowest BCUT2D eigenvalue weighted by Crippen LogP contribution is -2.39. The van der Waals surface area contributed by atoms with Crippen molar-refractivity contribution in [3.63, 3.8) is 0 Å². The maximum atomic E-state index is 13.1. The summed E-state index contributed by atoms with van der Waals surface area (Å²) in [5.41, 5.74) is 8.10. The summed E-state index contributed by atoms with van der Waals surface area (Å²) in [5, 5.41) is 0.663. The zero-order valence-electron chi connectivity index (χ0n) is 14.4. The van der Waals surface area contributed by atoms with Gasteiger partial charge in [-0.25, -0.2) is 0 Å². The first-order valence-electron chi connectivity index (χ1n) is 8.60. The van der Waals surface area contributed by atoms with E-state index in [2.05, 4.69) is 0 Å². The monoisotopic (exact) mass is 396 g/mol. The number of carbonyl (C=O) groups excluding carboxylic acids is 2. The molecule has 27 heavy (non-hydrogen) atoms. The van der Waals surface area contributed by atoms with Crippen molar-refractivity contribution in [1.82, 2.24) is 0 Å². The Balaban J connectivity index is 1.66. The molecule has 2 N–H and O–H groups in total. The summed E-state index contributed by atoms with van der Waals surface area (Å²) in [5.74, 6) is -0.770. The van der Waals surface area contributed by atoms with E-state index >= 15 is 0 Å². The summed E-state index contributed by atoms with van der Waals surface area (Å²) in [6, 6.07) is 18.8. The lowest BCUT2D eigenvalue weighted by atomic mass is 9.89. The van der Waals surface area contributed by atoms with Gasteiger partial charge >= 0.3 is 0 Å². The van der Waals surface area contributed by atoms with Gasteiger partial charge in [-0.15, -0.1) is 11.3 Å². The third-order valence-electron chi connectivity index (χ3n) is 4.76. The van der Waals surface area contributed by atoms with Crippen molar-refractivity contribution in [2.75, 3.05) is 11.4 Å². The van der Waals surface area contributed by atoms with E-state index < -0.39 is 0 Å². The number of para-hydroxylation sites is 1. The predicted molar refractivity (Wildman–Crippen MR) is 109 cm³/mol. The molecule has 0 saturated carbocycles. The lowest BCUT2D eigenvalue weighted by Gasteiger charge is -2.32. The van der Waals surface area contributed by atoms with Gasteiger partial charge < -0.3 is 10.6 Å². The summed E-state index contributed by atoms with van der Waals surface area (Å²) in [6.45, 7) is 0.466. The highest BCUT2D eigenvalue weighted by Crippen LogP contribution is 2.37. The predicted octanol–water partition coefficient (Wildman–Crippen LogP) is 4.69. The molecule has 6 heteroatoms. The number of amides is 2. The minimum atomic E-state index is -0.353. The summed E-state index contributed by atoms with van der Waals surface area (Å²) in [7, 11) is 0. The van der Waals surface area contributed by atoms with Crippen molar-refractivity contribution >= 4 is 40.4 Å². The molecular formula is C21H17ClN2O2S. The number of halogens is 1. The molecule has 1 aromatic heterocycles. The Morgan fingerprint density at radius 1 is 1.07 bits per heavy atom. The number of benzene rings is 2. The number of hydrogen-bond acceptors (Lipinski definition) is 3. The Hall–Kier alpha value is -2.63. The van der Waals surface area contributed by atoms with Crippen molar-refractivity contribution in [2.45, 2.75) is 12.3 Å². The van der Waals surface area contributed by atoms with Crippen LogP contribution in [0.4, 0.5) is 5.69 Å². The van der Waals surface area contributed by atoms with Gasteiger partial charge in [0.15, 0.2) is 0 Å². The fourth-order valence-electron chi connectivity index (χ4n) is 3.45. The van der Waals surface area contributed by atoms with Crippen LogP contribution >= 0.6 is 22.9 Å². The average Bonchev–Trinajstić information content (AvgIpc) is 3.16. The zero-order chi connectivity index (χ0) is 19.0. The smallest absolute Gasteiger partial charge is 0.268 e. The number of nitrogens with zero attached hydrogens (tertiary/aromatic N) is 1. The highest BCUT2D eigenvalue weighted by molar-refractivity contribution is 7.17. The van der Waals surface area contributed by atoms with E-state index in [9.17, 15) is 9.59 Å². The molecule has 2 aromatic carbocycles. The fourth-order valence-corrected chi connectivity index (χ4v) is 4.59. The Kier molecular flexibility index (Phi) is 4.72. The molecule has 0 saturated heterocycles. The van der Waals surface area contributed by atoms with Gasteiger partial charge in [-0.2, -0.15) is 0 Å². The van der Waals surface area contributed by atoms with Gasteiger partial charge in [0.05, 0.1) is 10.8 Å². The van der Waals surface area contributed by atoms with E-state index in [1.165, 1.54) is 11.3 Å². The lowest BCUT2D eigenvalue weighted by molar-refractivity contribution is -0.119. The van der Waals surface area contributed by atoms with E-state index in [-0.39, 0.29) is 17.7 Å². The Morgan fingerprint density at radius 3 is 2.67 bits per heavy atom. The van der Waals surface area contributed by atoms with Gasteiger partial charge in [0.1, 0.15) is 0 Å². The number of primary amides is 1. The zero-order valence-corrected chi connectivity index (χ0v) is 16.0. The molecule has 4 rings (SSSR count). The standard InChI is InChI=1S/C21H17ClN2O2S/c22-14-5-3-4-13(12-14)18-8-9-19(27-18)21(26)24-11-10-16(20(23)25)15-6-1-2-7-17(15)24/h1-9,12,16H,10-11H2,(H2,23,25). The van der Waals surface area contributed by atoms with Gasteiger partial charge in [-0.05, 0) is 47.9 Å². The molecule has 4 nitrogen and oxygen atoms in total. The van der Waals surface area contributed by atoms with Crippen LogP contribution in [0.15, 0.2) is 60.7 Å². The van der Waals surface area contributed by atoms with Gasteiger partial charge in [-0.1, -0.05) is 41.9 Å². The second-order valence-electron chi connectivity index (χ2n) is 6.43. The quantitative estimate of drug-likeness (QED) is 0.698. The topological polar surface area (TPSA) is 63.4 Å². The molecule has 0 aliphatic carbocycles. The molecule has 0 spiro atoms.